The van der Waals surface area contributed by atoms with E-state index in [2.05, 4.69) is 32.2 Å². The number of ether oxygens (including phenoxy) is 1. The van der Waals surface area contributed by atoms with Crippen LogP contribution in [0.1, 0.15) is 58.1 Å². The summed E-state index contributed by atoms with van der Waals surface area (Å²) < 4.78 is 6.41. The molecule has 0 radical (unpaired) electrons. The van der Waals surface area contributed by atoms with Gasteiger partial charge in [0.1, 0.15) is 0 Å². The summed E-state index contributed by atoms with van der Waals surface area (Å²) in [6, 6.07) is 8.05. The third-order valence-electron chi connectivity index (χ3n) is 4.44. The van der Waals surface area contributed by atoms with Crippen molar-refractivity contribution in [3.05, 3.63) is 34.9 Å². The Morgan fingerprint density at radius 1 is 1.33 bits per heavy atom. The van der Waals surface area contributed by atoms with E-state index in [4.69, 9.17) is 16.3 Å². The Morgan fingerprint density at radius 3 is 2.67 bits per heavy atom. The molecule has 0 saturated heterocycles. The second-order valence-corrected chi connectivity index (χ2v) is 7.29. The molecular weight excluding hydrogens is 282 g/mol. The highest BCUT2D eigenvalue weighted by Gasteiger charge is 2.29. The molecule has 1 saturated carbocycles. The van der Waals surface area contributed by atoms with Crippen molar-refractivity contribution in [2.24, 2.45) is 5.41 Å². The molecule has 1 fully saturated rings. The van der Waals surface area contributed by atoms with Gasteiger partial charge in [0.05, 0.1) is 12.2 Å². The smallest absolute Gasteiger partial charge is 0.0953 e. The van der Waals surface area contributed by atoms with E-state index in [1.807, 2.05) is 18.2 Å². The number of hydrogen-bond donors (Lipinski definition) is 1. The van der Waals surface area contributed by atoms with Crippen LogP contribution in [-0.2, 0) is 4.74 Å². The van der Waals surface area contributed by atoms with Crippen LogP contribution in [0.25, 0.3) is 0 Å². The summed E-state index contributed by atoms with van der Waals surface area (Å²) in [4.78, 5) is 0. The number of likely N-dealkylation sites (N-methyl/N-ethyl adjacent to an activating group) is 1. The summed E-state index contributed by atoms with van der Waals surface area (Å²) in [6.07, 6.45) is 5.30. The van der Waals surface area contributed by atoms with Gasteiger partial charge in [0, 0.05) is 11.6 Å². The molecule has 1 aromatic rings. The zero-order chi connectivity index (χ0) is 15.3. The van der Waals surface area contributed by atoms with Gasteiger partial charge in [-0.2, -0.15) is 0 Å². The predicted octanol–water partition coefficient (Wildman–Crippen LogP) is 4.98. The molecule has 0 bridgehead atoms. The zero-order valence-corrected chi connectivity index (χ0v) is 14.2. The van der Waals surface area contributed by atoms with Crippen LogP contribution in [0.5, 0.6) is 0 Å². The van der Waals surface area contributed by atoms with Gasteiger partial charge >= 0.3 is 0 Å². The van der Waals surface area contributed by atoms with Crippen molar-refractivity contribution < 1.29 is 4.74 Å². The van der Waals surface area contributed by atoms with Gasteiger partial charge in [-0.3, -0.25) is 0 Å². The van der Waals surface area contributed by atoms with E-state index in [0.717, 1.165) is 31.0 Å². The quantitative estimate of drug-likeness (QED) is 0.800. The largest absolute Gasteiger partial charge is 0.369 e. The topological polar surface area (TPSA) is 21.3 Å². The highest BCUT2D eigenvalue weighted by atomic mass is 35.5. The lowest BCUT2D eigenvalue weighted by molar-refractivity contribution is -0.0458. The van der Waals surface area contributed by atoms with Crippen molar-refractivity contribution in [2.45, 2.75) is 58.7 Å². The average molecular weight is 310 g/mol. The first-order valence-corrected chi connectivity index (χ1v) is 8.49. The van der Waals surface area contributed by atoms with Crippen molar-refractivity contribution in [3.63, 3.8) is 0 Å². The number of rotatable bonds is 6. The van der Waals surface area contributed by atoms with E-state index in [0.29, 0.717) is 11.5 Å². The third kappa shape index (κ3) is 5.28. The van der Waals surface area contributed by atoms with Crippen molar-refractivity contribution in [2.75, 3.05) is 13.1 Å². The van der Waals surface area contributed by atoms with Gasteiger partial charge in [0.25, 0.3) is 0 Å². The van der Waals surface area contributed by atoms with Crippen molar-refractivity contribution in [1.82, 2.24) is 5.32 Å². The van der Waals surface area contributed by atoms with Crippen LogP contribution < -0.4 is 5.32 Å². The molecule has 0 amide bonds. The molecule has 1 aliphatic rings. The summed E-state index contributed by atoms with van der Waals surface area (Å²) in [5.74, 6) is 0. The van der Waals surface area contributed by atoms with Gasteiger partial charge in [-0.1, -0.05) is 44.5 Å². The van der Waals surface area contributed by atoms with Crippen molar-refractivity contribution in [1.29, 1.82) is 0 Å². The standard InChI is InChI=1S/C18H28ClNO/c1-4-20-13-17(14-6-5-7-15(19)12-14)21-16-8-10-18(2,3)11-9-16/h5-7,12,16-17,20H,4,8-11,13H2,1-3H3. The van der Waals surface area contributed by atoms with E-state index in [1.54, 1.807) is 0 Å². The summed E-state index contributed by atoms with van der Waals surface area (Å²) in [7, 11) is 0. The minimum atomic E-state index is 0.0925. The summed E-state index contributed by atoms with van der Waals surface area (Å²) in [5.41, 5.74) is 1.65. The zero-order valence-electron chi connectivity index (χ0n) is 13.5. The lowest BCUT2D eigenvalue weighted by atomic mass is 9.76. The second kappa shape index (κ2) is 7.62. The highest BCUT2D eigenvalue weighted by Crippen LogP contribution is 2.37. The molecule has 0 aromatic heterocycles. The first-order valence-electron chi connectivity index (χ1n) is 8.12. The molecule has 1 atom stereocenters. The molecule has 0 heterocycles. The first-order chi connectivity index (χ1) is 10.00. The maximum absolute atomic E-state index is 6.41. The van der Waals surface area contributed by atoms with Gasteiger partial charge in [-0.05, 0) is 55.3 Å². The maximum atomic E-state index is 6.41. The average Bonchev–Trinajstić information content (AvgIpc) is 2.45. The lowest BCUT2D eigenvalue weighted by Crippen LogP contribution is -2.31. The van der Waals surface area contributed by atoms with Crippen LogP contribution >= 0.6 is 11.6 Å². The predicted molar refractivity (Wildman–Crippen MR) is 89.9 cm³/mol. The summed E-state index contributed by atoms with van der Waals surface area (Å²) in [5, 5.41) is 4.18. The first kappa shape index (κ1) is 16.8. The van der Waals surface area contributed by atoms with E-state index in [9.17, 15) is 0 Å². The van der Waals surface area contributed by atoms with Gasteiger partial charge < -0.3 is 10.1 Å². The third-order valence-corrected chi connectivity index (χ3v) is 4.68. The minimum Gasteiger partial charge on any atom is -0.369 e. The van der Waals surface area contributed by atoms with Gasteiger partial charge in [-0.15, -0.1) is 0 Å². The number of nitrogens with one attached hydrogen (secondary N) is 1. The molecule has 1 N–H and O–H groups in total. The Kier molecular flexibility index (Phi) is 6.09. The van der Waals surface area contributed by atoms with E-state index in [1.165, 1.54) is 18.4 Å². The van der Waals surface area contributed by atoms with Gasteiger partial charge in [0.15, 0.2) is 0 Å². The summed E-state index contributed by atoms with van der Waals surface area (Å²) >= 11 is 6.13. The molecule has 3 heteroatoms. The van der Waals surface area contributed by atoms with Crippen molar-refractivity contribution in [3.8, 4) is 0 Å². The fourth-order valence-corrected chi connectivity index (χ4v) is 3.17. The summed E-state index contributed by atoms with van der Waals surface area (Å²) in [6.45, 7) is 8.64. The Morgan fingerprint density at radius 2 is 2.05 bits per heavy atom. The maximum Gasteiger partial charge on any atom is 0.0953 e. The van der Waals surface area contributed by atoms with E-state index >= 15 is 0 Å². The fraction of sp³-hybridized carbons (Fsp3) is 0.667. The van der Waals surface area contributed by atoms with Crippen molar-refractivity contribution >= 4 is 11.6 Å². The molecule has 0 aliphatic heterocycles. The van der Waals surface area contributed by atoms with E-state index < -0.39 is 0 Å². The minimum absolute atomic E-state index is 0.0925. The molecule has 1 aromatic carbocycles. The molecule has 1 unspecified atom stereocenters. The molecule has 118 valence electrons. The number of halogens is 1. The molecule has 2 rings (SSSR count). The lowest BCUT2D eigenvalue weighted by Gasteiger charge is -2.36. The van der Waals surface area contributed by atoms with Gasteiger partial charge in [0.2, 0.25) is 0 Å². The van der Waals surface area contributed by atoms with Crippen LogP contribution in [-0.4, -0.2) is 19.2 Å². The van der Waals surface area contributed by atoms with Crippen LogP contribution in [0.15, 0.2) is 24.3 Å². The Hall–Kier alpha value is -0.570. The highest BCUT2D eigenvalue weighted by molar-refractivity contribution is 6.30. The second-order valence-electron chi connectivity index (χ2n) is 6.85. The van der Waals surface area contributed by atoms with Crippen LogP contribution in [0, 0.1) is 5.41 Å². The molecular formula is C18H28ClNO. The Labute approximate surface area is 134 Å². The molecule has 2 nitrogen and oxygen atoms in total. The monoisotopic (exact) mass is 309 g/mol. The Bertz CT molecular complexity index is 437. The van der Waals surface area contributed by atoms with Crippen LogP contribution in [0.4, 0.5) is 0 Å². The van der Waals surface area contributed by atoms with E-state index in [-0.39, 0.29) is 6.10 Å². The fourth-order valence-electron chi connectivity index (χ4n) is 2.97. The number of hydrogen-bond acceptors (Lipinski definition) is 2. The number of benzene rings is 1. The normalized spacial score (nSPS) is 20.4. The van der Waals surface area contributed by atoms with Gasteiger partial charge in [-0.25, -0.2) is 0 Å². The SMILES string of the molecule is CCNCC(OC1CCC(C)(C)CC1)c1cccc(Cl)c1. The van der Waals surface area contributed by atoms with Crippen LogP contribution in [0.3, 0.4) is 0 Å². The Balaban J connectivity index is 2.00. The van der Waals surface area contributed by atoms with Crippen LogP contribution in [0.2, 0.25) is 5.02 Å². The molecule has 21 heavy (non-hydrogen) atoms. The molecule has 1 aliphatic carbocycles. The molecule has 0 spiro atoms.